The number of rotatable bonds is 5. The maximum absolute atomic E-state index is 13.3. The fourth-order valence-electron chi connectivity index (χ4n) is 2.42. The molecule has 2 amide bonds. The summed E-state index contributed by atoms with van der Waals surface area (Å²) < 4.78 is 31.7. The van der Waals surface area contributed by atoms with Crippen molar-refractivity contribution in [3.63, 3.8) is 0 Å². The summed E-state index contributed by atoms with van der Waals surface area (Å²) in [6.45, 7) is 0.123. The average molecular weight is 347 g/mol. The summed E-state index contributed by atoms with van der Waals surface area (Å²) in [5.41, 5.74) is 0.560. The number of pyridine rings is 1. The van der Waals surface area contributed by atoms with Gasteiger partial charge in [0.2, 0.25) is 17.7 Å². The molecular weight excluding hydrogens is 332 g/mol. The highest BCUT2D eigenvalue weighted by atomic mass is 19.2. The Hall–Kier alpha value is -3.03. The van der Waals surface area contributed by atoms with E-state index >= 15 is 0 Å². The second-order valence-electron chi connectivity index (χ2n) is 5.52. The number of carbonyl (C=O) groups is 2. The minimum Gasteiger partial charge on any atom is -0.439 e. The number of nitrogens with one attached hydrogen (secondary N) is 2. The molecule has 0 radical (unpaired) electrons. The van der Waals surface area contributed by atoms with Gasteiger partial charge in [-0.3, -0.25) is 9.59 Å². The van der Waals surface area contributed by atoms with Crippen LogP contribution in [0.25, 0.3) is 0 Å². The lowest BCUT2D eigenvalue weighted by atomic mass is 10.2. The number of carbonyl (C=O) groups excluding carboxylic acids is 2. The summed E-state index contributed by atoms with van der Waals surface area (Å²) in [6.07, 6.45) is 2.27. The fraction of sp³-hybridized carbons (Fsp3) is 0.235. The van der Waals surface area contributed by atoms with Gasteiger partial charge < -0.3 is 15.4 Å². The lowest BCUT2D eigenvalue weighted by Gasteiger charge is -2.13. The minimum atomic E-state index is -1.03. The Labute approximate surface area is 142 Å². The van der Waals surface area contributed by atoms with Crippen molar-refractivity contribution in [2.24, 2.45) is 0 Å². The van der Waals surface area contributed by atoms with Crippen molar-refractivity contribution >= 4 is 11.8 Å². The third kappa shape index (κ3) is 4.09. The molecule has 2 N–H and O–H groups in total. The molecule has 1 aliphatic heterocycles. The Morgan fingerprint density at radius 1 is 1.32 bits per heavy atom. The number of halogens is 2. The molecule has 0 spiro atoms. The number of amides is 2. The van der Waals surface area contributed by atoms with Gasteiger partial charge in [0.1, 0.15) is 11.8 Å². The number of nitrogens with zero attached hydrogens (tertiary/aromatic N) is 1. The van der Waals surface area contributed by atoms with Crippen LogP contribution in [-0.4, -0.2) is 22.8 Å². The van der Waals surface area contributed by atoms with Crippen LogP contribution >= 0.6 is 0 Å². The van der Waals surface area contributed by atoms with E-state index in [1.807, 2.05) is 0 Å². The molecule has 2 heterocycles. The summed E-state index contributed by atoms with van der Waals surface area (Å²) >= 11 is 0. The standard InChI is InChI=1S/C17H15F2N3O3/c18-12-4-3-11(8-13(12)19)25-17-10(2-1-7-20-17)9-21-16(24)14-5-6-15(23)22-14/h1-4,7-8,14H,5-6,9H2,(H,21,24)(H,22,23)/t14-/m0/s1. The zero-order valence-electron chi connectivity index (χ0n) is 13.1. The molecule has 0 unspecified atom stereocenters. The van der Waals surface area contributed by atoms with Gasteiger partial charge in [0, 0.05) is 30.8 Å². The van der Waals surface area contributed by atoms with Gasteiger partial charge in [0.05, 0.1) is 0 Å². The topological polar surface area (TPSA) is 80.3 Å². The molecule has 0 bridgehead atoms. The molecule has 1 atom stereocenters. The third-order valence-electron chi connectivity index (χ3n) is 3.72. The van der Waals surface area contributed by atoms with E-state index in [0.29, 0.717) is 18.4 Å². The monoisotopic (exact) mass is 347 g/mol. The Bertz CT molecular complexity index is 813. The molecule has 1 saturated heterocycles. The van der Waals surface area contributed by atoms with Crippen molar-refractivity contribution in [2.75, 3.05) is 0 Å². The molecule has 0 saturated carbocycles. The van der Waals surface area contributed by atoms with E-state index in [0.717, 1.165) is 12.1 Å². The largest absolute Gasteiger partial charge is 0.439 e. The molecule has 8 heteroatoms. The number of hydrogen-bond acceptors (Lipinski definition) is 4. The van der Waals surface area contributed by atoms with E-state index < -0.39 is 17.7 Å². The van der Waals surface area contributed by atoms with Crippen LogP contribution in [0.15, 0.2) is 36.5 Å². The Morgan fingerprint density at radius 2 is 2.16 bits per heavy atom. The molecule has 1 aliphatic rings. The van der Waals surface area contributed by atoms with Crippen molar-refractivity contribution < 1.29 is 23.1 Å². The van der Waals surface area contributed by atoms with Gasteiger partial charge in [-0.25, -0.2) is 13.8 Å². The van der Waals surface area contributed by atoms with Crippen molar-refractivity contribution in [1.82, 2.24) is 15.6 Å². The molecule has 1 aromatic carbocycles. The highest BCUT2D eigenvalue weighted by Crippen LogP contribution is 2.24. The Kier molecular flexibility index (Phi) is 4.87. The van der Waals surface area contributed by atoms with Crippen molar-refractivity contribution in [1.29, 1.82) is 0 Å². The van der Waals surface area contributed by atoms with Crippen LogP contribution in [-0.2, 0) is 16.1 Å². The number of benzene rings is 1. The molecule has 2 aromatic rings. The van der Waals surface area contributed by atoms with E-state index in [4.69, 9.17) is 4.74 Å². The minimum absolute atomic E-state index is 0.0910. The SMILES string of the molecule is O=C1CC[C@@H](C(=O)NCc2cccnc2Oc2ccc(F)c(F)c2)N1. The number of ether oxygens (including phenoxy) is 1. The van der Waals surface area contributed by atoms with Crippen LogP contribution in [0.5, 0.6) is 11.6 Å². The molecule has 1 aromatic heterocycles. The summed E-state index contributed by atoms with van der Waals surface area (Å²) in [7, 11) is 0. The molecular formula is C17H15F2N3O3. The molecule has 6 nitrogen and oxygen atoms in total. The first-order valence-corrected chi connectivity index (χ1v) is 7.67. The molecule has 0 aliphatic carbocycles. The van der Waals surface area contributed by atoms with Crippen LogP contribution in [0.1, 0.15) is 18.4 Å². The van der Waals surface area contributed by atoms with Crippen LogP contribution in [0.2, 0.25) is 0 Å². The van der Waals surface area contributed by atoms with E-state index in [2.05, 4.69) is 15.6 Å². The third-order valence-corrected chi connectivity index (χ3v) is 3.72. The molecule has 25 heavy (non-hydrogen) atoms. The maximum atomic E-state index is 13.3. The van der Waals surface area contributed by atoms with Crippen molar-refractivity contribution in [3.05, 3.63) is 53.7 Å². The van der Waals surface area contributed by atoms with Crippen LogP contribution in [0.3, 0.4) is 0 Å². The van der Waals surface area contributed by atoms with Crippen LogP contribution in [0, 0.1) is 11.6 Å². The predicted octanol–water partition coefficient (Wildman–Crippen LogP) is 2.05. The Morgan fingerprint density at radius 3 is 2.88 bits per heavy atom. The number of hydrogen-bond donors (Lipinski definition) is 2. The lowest BCUT2D eigenvalue weighted by molar-refractivity contribution is -0.125. The Balaban J connectivity index is 1.67. The van der Waals surface area contributed by atoms with Gasteiger partial charge in [-0.1, -0.05) is 6.07 Å². The summed E-state index contributed by atoms with van der Waals surface area (Å²) in [4.78, 5) is 27.3. The predicted molar refractivity (Wildman–Crippen MR) is 83.7 cm³/mol. The summed E-state index contributed by atoms with van der Waals surface area (Å²) in [6, 6.07) is 5.97. The normalized spacial score (nSPS) is 16.4. The first-order chi connectivity index (χ1) is 12.0. The molecule has 1 fully saturated rings. The zero-order valence-corrected chi connectivity index (χ0v) is 13.1. The van der Waals surface area contributed by atoms with Gasteiger partial charge in [0.25, 0.3) is 0 Å². The molecule has 3 rings (SSSR count). The average Bonchev–Trinajstić information content (AvgIpc) is 3.04. The highest BCUT2D eigenvalue weighted by molar-refractivity contribution is 5.90. The summed E-state index contributed by atoms with van der Waals surface area (Å²) in [5.74, 6) is -2.19. The fourth-order valence-corrected chi connectivity index (χ4v) is 2.42. The van der Waals surface area contributed by atoms with Gasteiger partial charge >= 0.3 is 0 Å². The zero-order chi connectivity index (χ0) is 17.8. The summed E-state index contributed by atoms with van der Waals surface area (Å²) in [5, 5.41) is 5.28. The smallest absolute Gasteiger partial charge is 0.242 e. The second-order valence-corrected chi connectivity index (χ2v) is 5.52. The van der Waals surface area contributed by atoms with E-state index in [9.17, 15) is 18.4 Å². The van der Waals surface area contributed by atoms with E-state index in [1.165, 1.54) is 12.3 Å². The second kappa shape index (κ2) is 7.25. The first kappa shape index (κ1) is 16.8. The van der Waals surface area contributed by atoms with Crippen LogP contribution < -0.4 is 15.4 Å². The lowest BCUT2D eigenvalue weighted by Crippen LogP contribution is -2.41. The highest BCUT2D eigenvalue weighted by Gasteiger charge is 2.27. The van der Waals surface area contributed by atoms with Gasteiger partial charge in [-0.05, 0) is 24.6 Å². The van der Waals surface area contributed by atoms with Gasteiger partial charge in [0.15, 0.2) is 11.6 Å². The van der Waals surface area contributed by atoms with Crippen LogP contribution in [0.4, 0.5) is 8.78 Å². The van der Waals surface area contributed by atoms with Gasteiger partial charge in [-0.2, -0.15) is 0 Å². The van der Waals surface area contributed by atoms with E-state index in [-0.39, 0.29) is 30.0 Å². The quantitative estimate of drug-likeness (QED) is 0.867. The van der Waals surface area contributed by atoms with Crippen molar-refractivity contribution in [2.45, 2.75) is 25.4 Å². The van der Waals surface area contributed by atoms with E-state index in [1.54, 1.807) is 12.1 Å². The number of aromatic nitrogens is 1. The van der Waals surface area contributed by atoms with Crippen molar-refractivity contribution in [3.8, 4) is 11.6 Å². The molecule has 130 valence electrons. The maximum Gasteiger partial charge on any atom is 0.242 e. The first-order valence-electron chi connectivity index (χ1n) is 7.67. The van der Waals surface area contributed by atoms with Gasteiger partial charge in [-0.15, -0.1) is 0 Å².